The van der Waals surface area contributed by atoms with Crippen LogP contribution in [-0.2, 0) is 11.3 Å². The fourth-order valence-corrected chi connectivity index (χ4v) is 3.27. The van der Waals surface area contributed by atoms with Crippen LogP contribution in [0.25, 0.3) is 0 Å². The molecule has 0 aliphatic heterocycles. The molecule has 0 bridgehead atoms. The van der Waals surface area contributed by atoms with Crippen LogP contribution in [0.4, 0.5) is 8.78 Å². The van der Waals surface area contributed by atoms with Crippen LogP contribution < -0.4 is 5.32 Å². The van der Waals surface area contributed by atoms with E-state index in [-0.39, 0.29) is 30.5 Å². The quantitative estimate of drug-likeness (QED) is 0.748. The minimum absolute atomic E-state index is 0.0527. The number of nitrogens with one attached hydrogen (secondary N) is 1. The Bertz CT molecular complexity index is 838. The third kappa shape index (κ3) is 5.15. The second-order valence-electron chi connectivity index (χ2n) is 7.22. The molecule has 0 saturated heterocycles. The van der Waals surface area contributed by atoms with E-state index in [9.17, 15) is 18.4 Å². The lowest BCUT2D eigenvalue weighted by atomic mass is 10.1. The van der Waals surface area contributed by atoms with Gasteiger partial charge in [-0.05, 0) is 43.4 Å². The summed E-state index contributed by atoms with van der Waals surface area (Å²) >= 11 is 0. The number of hydrogen-bond donors (Lipinski definition) is 1. The fraction of sp³-hybridized carbons (Fsp3) is 0.364. The smallest absolute Gasteiger partial charge is 0.254 e. The van der Waals surface area contributed by atoms with Gasteiger partial charge < -0.3 is 10.2 Å². The highest BCUT2D eigenvalue weighted by Gasteiger charge is 2.34. The topological polar surface area (TPSA) is 49.4 Å². The molecule has 3 rings (SSSR count). The Kier molecular flexibility index (Phi) is 6.39. The molecule has 148 valence electrons. The fourth-order valence-electron chi connectivity index (χ4n) is 3.27. The molecular formula is C22H24F2N2O2. The maximum atomic E-state index is 13.7. The molecule has 1 N–H and O–H groups in total. The van der Waals surface area contributed by atoms with Crippen LogP contribution in [0.2, 0.25) is 0 Å². The van der Waals surface area contributed by atoms with Crippen molar-refractivity contribution in [2.45, 2.75) is 38.8 Å². The third-order valence-corrected chi connectivity index (χ3v) is 5.11. The Hall–Kier alpha value is -2.76. The van der Waals surface area contributed by atoms with E-state index in [1.165, 1.54) is 0 Å². The van der Waals surface area contributed by atoms with Crippen LogP contribution in [0.15, 0.2) is 48.5 Å². The summed E-state index contributed by atoms with van der Waals surface area (Å²) in [7, 11) is 0. The molecule has 2 aromatic carbocycles. The molecule has 4 nitrogen and oxygen atoms in total. The first-order chi connectivity index (χ1) is 13.5. The Labute approximate surface area is 163 Å². The van der Waals surface area contributed by atoms with Crippen molar-refractivity contribution >= 4 is 11.8 Å². The Morgan fingerprint density at radius 2 is 1.86 bits per heavy atom. The van der Waals surface area contributed by atoms with Crippen molar-refractivity contribution in [3.8, 4) is 0 Å². The van der Waals surface area contributed by atoms with E-state index < -0.39 is 17.5 Å². The molecule has 1 unspecified atom stereocenters. The Balaban J connectivity index is 1.57. The lowest BCUT2D eigenvalue weighted by Gasteiger charge is -2.30. The third-order valence-electron chi connectivity index (χ3n) is 5.11. The summed E-state index contributed by atoms with van der Waals surface area (Å²) in [6.07, 6.45) is 2.37. The standard InChI is InChI=1S/C22H24F2N2O2/c1-15(17-7-8-17)26(14-16-5-3-2-4-6-16)21(27)11-12-25-22(28)19-10-9-18(23)13-20(19)24/h2-6,9-10,13,15,17H,7-8,11-12,14H2,1H3,(H,25,28). The van der Waals surface area contributed by atoms with Gasteiger partial charge in [0.15, 0.2) is 0 Å². The van der Waals surface area contributed by atoms with E-state index in [4.69, 9.17) is 0 Å². The number of carbonyl (C=O) groups excluding carboxylic acids is 2. The van der Waals surface area contributed by atoms with Gasteiger partial charge in [0.1, 0.15) is 11.6 Å². The van der Waals surface area contributed by atoms with Crippen LogP contribution in [0.1, 0.15) is 42.1 Å². The molecule has 1 saturated carbocycles. The maximum absolute atomic E-state index is 13.7. The van der Waals surface area contributed by atoms with Gasteiger partial charge in [0.05, 0.1) is 5.56 Å². The van der Waals surface area contributed by atoms with Gasteiger partial charge >= 0.3 is 0 Å². The number of nitrogens with zero attached hydrogens (tertiary/aromatic N) is 1. The van der Waals surface area contributed by atoms with Gasteiger partial charge in [-0.3, -0.25) is 9.59 Å². The van der Waals surface area contributed by atoms with Gasteiger partial charge in [0.2, 0.25) is 5.91 Å². The second-order valence-corrected chi connectivity index (χ2v) is 7.22. The van der Waals surface area contributed by atoms with Gasteiger partial charge in [-0.25, -0.2) is 8.78 Å². The van der Waals surface area contributed by atoms with Crippen molar-refractivity contribution in [1.82, 2.24) is 10.2 Å². The molecule has 1 fully saturated rings. The normalized spacial score (nSPS) is 14.4. The number of rotatable bonds is 8. The summed E-state index contributed by atoms with van der Waals surface area (Å²) in [6.45, 7) is 2.68. The molecule has 0 radical (unpaired) electrons. The van der Waals surface area contributed by atoms with E-state index in [2.05, 4.69) is 12.2 Å². The molecule has 1 atom stereocenters. The Morgan fingerprint density at radius 3 is 2.50 bits per heavy atom. The lowest BCUT2D eigenvalue weighted by Crippen LogP contribution is -2.41. The number of benzene rings is 2. The first-order valence-electron chi connectivity index (χ1n) is 9.52. The number of hydrogen-bond acceptors (Lipinski definition) is 2. The first-order valence-corrected chi connectivity index (χ1v) is 9.52. The van der Waals surface area contributed by atoms with Gasteiger partial charge in [-0.1, -0.05) is 30.3 Å². The number of carbonyl (C=O) groups is 2. The average molecular weight is 386 g/mol. The monoisotopic (exact) mass is 386 g/mol. The van der Waals surface area contributed by atoms with Crippen LogP contribution in [0, 0.1) is 17.6 Å². The van der Waals surface area contributed by atoms with Crippen LogP contribution in [-0.4, -0.2) is 29.3 Å². The van der Waals surface area contributed by atoms with E-state index in [1.54, 1.807) is 0 Å². The molecule has 2 aromatic rings. The SMILES string of the molecule is CC(C1CC1)N(Cc1ccccc1)C(=O)CCNC(=O)c1ccc(F)cc1F. The number of amides is 2. The largest absolute Gasteiger partial charge is 0.351 e. The van der Waals surface area contributed by atoms with Crippen molar-refractivity contribution in [2.24, 2.45) is 5.92 Å². The molecule has 6 heteroatoms. The molecule has 1 aliphatic rings. The van der Waals surface area contributed by atoms with E-state index in [0.29, 0.717) is 18.5 Å². The van der Waals surface area contributed by atoms with Crippen LogP contribution >= 0.6 is 0 Å². The number of halogens is 2. The van der Waals surface area contributed by atoms with E-state index in [1.807, 2.05) is 35.2 Å². The van der Waals surface area contributed by atoms with Crippen molar-refractivity contribution in [1.29, 1.82) is 0 Å². The highest BCUT2D eigenvalue weighted by molar-refractivity contribution is 5.94. The molecule has 2 amide bonds. The summed E-state index contributed by atoms with van der Waals surface area (Å²) in [5, 5.41) is 2.54. The zero-order chi connectivity index (χ0) is 20.1. The average Bonchev–Trinajstić information content (AvgIpc) is 3.51. The lowest BCUT2D eigenvalue weighted by molar-refractivity contribution is -0.134. The molecular weight excluding hydrogens is 362 g/mol. The van der Waals surface area contributed by atoms with Crippen LogP contribution in [0.5, 0.6) is 0 Å². The second kappa shape index (κ2) is 8.95. The zero-order valence-electron chi connectivity index (χ0n) is 15.8. The first kappa shape index (κ1) is 20.0. The van der Waals surface area contributed by atoms with Crippen molar-refractivity contribution in [3.05, 3.63) is 71.3 Å². The summed E-state index contributed by atoms with van der Waals surface area (Å²) in [5.74, 6) is -1.85. The highest BCUT2D eigenvalue weighted by atomic mass is 19.1. The Morgan fingerprint density at radius 1 is 1.14 bits per heavy atom. The van der Waals surface area contributed by atoms with Crippen molar-refractivity contribution in [2.75, 3.05) is 6.54 Å². The molecule has 28 heavy (non-hydrogen) atoms. The van der Waals surface area contributed by atoms with E-state index in [0.717, 1.165) is 30.5 Å². The zero-order valence-corrected chi connectivity index (χ0v) is 15.8. The predicted molar refractivity (Wildman–Crippen MR) is 102 cm³/mol. The molecule has 0 aromatic heterocycles. The molecule has 0 spiro atoms. The summed E-state index contributed by atoms with van der Waals surface area (Å²) in [4.78, 5) is 26.7. The van der Waals surface area contributed by atoms with Gasteiger partial charge in [-0.2, -0.15) is 0 Å². The molecule has 1 aliphatic carbocycles. The van der Waals surface area contributed by atoms with Gasteiger partial charge in [0, 0.05) is 31.6 Å². The van der Waals surface area contributed by atoms with Crippen molar-refractivity contribution < 1.29 is 18.4 Å². The summed E-state index contributed by atoms with van der Waals surface area (Å²) < 4.78 is 26.6. The van der Waals surface area contributed by atoms with Crippen molar-refractivity contribution in [3.63, 3.8) is 0 Å². The minimum atomic E-state index is -0.920. The minimum Gasteiger partial charge on any atom is -0.351 e. The predicted octanol–water partition coefficient (Wildman–Crippen LogP) is 3.91. The van der Waals surface area contributed by atoms with Gasteiger partial charge in [-0.15, -0.1) is 0 Å². The molecule has 0 heterocycles. The summed E-state index contributed by atoms with van der Waals surface area (Å²) in [5.41, 5.74) is 0.821. The van der Waals surface area contributed by atoms with E-state index >= 15 is 0 Å². The van der Waals surface area contributed by atoms with Gasteiger partial charge in [0.25, 0.3) is 5.91 Å². The highest BCUT2D eigenvalue weighted by Crippen LogP contribution is 2.35. The summed E-state index contributed by atoms with van der Waals surface area (Å²) in [6, 6.07) is 12.7. The maximum Gasteiger partial charge on any atom is 0.254 e. The van der Waals surface area contributed by atoms with Crippen LogP contribution in [0.3, 0.4) is 0 Å².